The Morgan fingerprint density at radius 2 is 1.83 bits per heavy atom. The van der Waals surface area contributed by atoms with Crippen molar-refractivity contribution in [3.05, 3.63) is 59.7 Å². The highest BCUT2D eigenvalue weighted by atomic mass is 16.5. The highest BCUT2D eigenvalue weighted by Crippen LogP contribution is 2.38. The summed E-state index contributed by atoms with van der Waals surface area (Å²) >= 11 is 0. The van der Waals surface area contributed by atoms with Gasteiger partial charge in [-0.3, -0.25) is 4.90 Å². The molecule has 2 heterocycles. The van der Waals surface area contributed by atoms with Crippen molar-refractivity contribution in [2.45, 2.75) is 38.3 Å². The third kappa shape index (κ3) is 3.27. The quantitative estimate of drug-likeness (QED) is 0.896. The molecule has 1 fully saturated rings. The Morgan fingerprint density at radius 3 is 2.62 bits per heavy atom. The molecule has 0 aromatic heterocycles. The number of ether oxygens (including phenoxy) is 1. The maximum absolute atomic E-state index is 6.55. The lowest BCUT2D eigenvalue weighted by molar-refractivity contribution is -0.00185. The fourth-order valence-corrected chi connectivity index (χ4v) is 3.89. The van der Waals surface area contributed by atoms with E-state index in [4.69, 9.17) is 4.74 Å². The Labute approximate surface area is 144 Å². The van der Waals surface area contributed by atoms with E-state index in [-0.39, 0.29) is 5.60 Å². The first-order valence-electron chi connectivity index (χ1n) is 9.02. The molecule has 4 rings (SSSR count). The number of hydrogen-bond donors (Lipinski definition) is 1. The molecule has 2 aliphatic rings. The Balaban J connectivity index is 1.43. The lowest BCUT2D eigenvalue weighted by atomic mass is 9.87. The molecule has 126 valence electrons. The van der Waals surface area contributed by atoms with Crippen molar-refractivity contribution in [3.8, 4) is 5.75 Å². The molecule has 0 radical (unpaired) electrons. The van der Waals surface area contributed by atoms with Crippen LogP contribution in [0.5, 0.6) is 5.75 Å². The number of nitrogens with zero attached hydrogens (tertiary/aromatic N) is 1. The number of aryl methyl sites for hydroxylation is 1. The number of benzene rings is 2. The molecule has 0 amide bonds. The fourth-order valence-electron chi connectivity index (χ4n) is 3.89. The fraction of sp³-hybridized carbons (Fsp3) is 0.429. The summed E-state index contributed by atoms with van der Waals surface area (Å²) in [5, 5.41) is 3.55. The molecule has 24 heavy (non-hydrogen) atoms. The van der Waals surface area contributed by atoms with Crippen molar-refractivity contribution in [1.29, 1.82) is 0 Å². The Hall–Kier alpha value is -2.00. The Bertz CT molecular complexity index is 690. The molecule has 3 heteroatoms. The van der Waals surface area contributed by atoms with Gasteiger partial charge in [-0.15, -0.1) is 0 Å². The second-order valence-electron chi connectivity index (χ2n) is 7.22. The van der Waals surface area contributed by atoms with Gasteiger partial charge in [0, 0.05) is 32.6 Å². The van der Waals surface area contributed by atoms with Crippen molar-refractivity contribution < 1.29 is 4.74 Å². The summed E-state index contributed by atoms with van der Waals surface area (Å²) < 4.78 is 6.55. The van der Waals surface area contributed by atoms with E-state index < -0.39 is 0 Å². The normalized spacial score (nSPS) is 19.9. The Kier molecular flexibility index (Phi) is 4.19. The molecule has 1 saturated heterocycles. The number of fused-ring (bicyclic) bond motifs is 1. The second kappa shape index (κ2) is 6.48. The van der Waals surface area contributed by atoms with Crippen molar-refractivity contribution in [2.75, 3.05) is 25.0 Å². The van der Waals surface area contributed by atoms with Crippen molar-refractivity contribution in [2.24, 2.45) is 0 Å². The first-order valence-corrected chi connectivity index (χ1v) is 9.02. The van der Waals surface area contributed by atoms with E-state index in [0.29, 0.717) is 0 Å². The number of hydrogen-bond acceptors (Lipinski definition) is 3. The average Bonchev–Trinajstić information content (AvgIpc) is 2.77. The van der Waals surface area contributed by atoms with E-state index in [9.17, 15) is 0 Å². The molecule has 3 nitrogen and oxygen atoms in total. The van der Waals surface area contributed by atoms with Gasteiger partial charge in [0.25, 0.3) is 0 Å². The van der Waals surface area contributed by atoms with E-state index in [0.717, 1.165) is 56.9 Å². The topological polar surface area (TPSA) is 24.5 Å². The maximum atomic E-state index is 6.55. The molecule has 0 bridgehead atoms. The minimum atomic E-state index is 0.000690. The van der Waals surface area contributed by atoms with Crippen molar-refractivity contribution in [1.82, 2.24) is 4.90 Å². The summed E-state index contributed by atoms with van der Waals surface area (Å²) in [7, 11) is 0. The van der Waals surface area contributed by atoms with Crippen LogP contribution in [0.1, 0.15) is 30.4 Å². The lowest BCUT2D eigenvalue weighted by Gasteiger charge is -2.41. The van der Waals surface area contributed by atoms with Gasteiger partial charge in [0.2, 0.25) is 0 Å². The van der Waals surface area contributed by atoms with Crippen LogP contribution in [0.15, 0.2) is 48.5 Å². The minimum absolute atomic E-state index is 0.000690. The molecule has 0 unspecified atom stereocenters. The average molecular weight is 322 g/mol. The molecule has 2 aromatic rings. The third-order valence-electron chi connectivity index (χ3n) is 5.37. The summed E-state index contributed by atoms with van der Waals surface area (Å²) in [6.45, 7) is 6.39. The molecule has 0 atom stereocenters. The van der Waals surface area contributed by atoms with Gasteiger partial charge >= 0.3 is 0 Å². The largest absolute Gasteiger partial charge is 0.485 e. The third-order valence-corrected chi connectivity index (χ3v) is 5.37. The SMILES string of the molecule is Cc1ccc2c(c1)NCCC1(CCN(Cc3ccccc3)CC1)O2. The molecule has 0 aliphatic carbocycles. The first kappa shape index (κ1) is 15.5. The summed E-state index contributed by atoms with van der Waals surface area (Å²) in [6.07, 6.45) is 3.30. The van der Waals surface area contributed by atoms with Gasteiger partial charge in [0.05, 0.1) is 5.69 Å². The van der Waals surface area contributed by atoms with Gasteiger partial charge in [0.15, 0.2) is 0 Å². The Morgan fingerprint density at radius 1 is 1.04 bits per heavy atom. The van der Waals surface area contributed by atoms with Gasteiger partial charge in [-0.25, -0.2) is 0 Å². The van der Waals surface area contributed by atoms with Crippen LogP contribution in [0.25, 0.3) is 0 Å². The van der Waals surface area contributed by atoms with Crippen LogP contribution in [0.4, 0.5) is 5.69 Å². The van der Waals surface area contributed by atoms with Gasteiger partial charge in [-0.1, -0.05) is 36.4 Å². The number of anilines is 1. The van der Waals surface area contributed by atoms with Gasteiger partial charge in [-0.05, 0) is 43.0 Å². The van der Waals surface area contributed by atoms with Crippen molar-refractivity contribution >= 4 is 5.69 Å². The monoisotopic (exact) mass is 322 g/mol. The van der Waals surface area contributed by atoms with Crippen molar-refractivity contribution in [3.63, 3.8) is 0 Å². The molecular weight excluding hydrogens is 296 g/mol. The van der Waals surface area contributed by atoms with E-state index in [2.05, 4.69) is 65.7 Å². The summed E-state index contributed by atoms with van der Waals surface area (Å²) in [6, 6.07) is 17.2. The van der Waals surface area contributed by atoms with E-state index >= 15 is 0 Å². The van der Waals surface area contributed by atoms with Crippen LogP contribution in [0.2, 0.25) is 0 Å². The predicted molar refractivity (Wildman–Crippen MR) is 98.6 cm³/mol. The zero-order valence-electron chi connectivity index (χ0n) is 14.4. The molecule has 2 aliphatic heterocycles. The van der Waals surface area contributed by atoms with E-state index in [1.165, 1.54) is 11.1 Å². The number of rotatable bonds is 2. The predicted octanol–water partition coefficient (Wildman–Crippen LogP) is 4.22. The summed E-state index contributed by atoms with van der Waals surface area (Å²) in [5.74, 6) is 1.02. The molecule has 1 N–H and O–H groups in total. The van der Waals surface area contributed by atoms with Gasteiger partial charge < -0.3 is 10.1 Å². The zero-order chi connectivity index (χ0) is 16.4. The van der Waals surface area contributed by atoms with Crippen LogP contribution in [0, 0.1) is 6.92 Å². The number of likely N-dealkylation sites (tertiary alicyclic amines) is 1. The highest BCUT2D eigenvalue weighted by Gasteiger charge is 2.38. The zero-order valence-corrected chi connectivity index (χ0v) is 14.4. The lowest BCUT2D eigenvalue weighted by Crippen LogP contribution is -2.48. The standard InChI is InChI=1S/C21H26N2O/c1-17-7-8-20-19(15-17)22-12-9-21(24-20)10-13-23(14-11-21)16-18-5-3-2-4-6-18/h2-8,15,22H,9-14,16H2,1H3. The molecular formula is C21H26N2O. The second-order valence-corrected chi connectivity index (χ2v) is 7.22. The smallest absolute Gasteiger partial charge is 0.143 e. The molecule has 1 spiro atoms. The van der Waals surface area contributed by atoms with Gasteiger partial charge in [0.1, 0.15) is 11.4 Å². The van der Waals surface area contributed by atoms with Crippen LogP contribution in [-0.2, 0) is 6.54 Å². The van der Waals surface area contributed by atoms with Crippen LogP contribution in [-0.4, -0.2) is 30.1 Å². The van der Waals surface area contributed by atoms with Crippen LogP contribution >= 0.6 is 0 Å². The minimum Gasteiger partial charge on any atom is -0.485 e. The number of piperidine rings is 1. The van der Waals surface area contributed by atoms with Crippen LogP contribution < -0.4 is 10.1 Å². The molecule has 2 aromatic carbocycles. The first-order chi connectivity index (χ1) is 11.7. The van der Waals surface area contributed by atoms with E-state index in [1.54, 1.807) is 0 Å². The van der Waals surface area contributed by atoms with E-state index in [1.807, 2.05) is 0 Å². The maximum Gasteiger partial charge on any atom is 0.143 e. The highest BCUT2D eigenvalue weighted by molar-refractivity contribution is 5.58. The van der Waals surface area contributed by atoms with Crippen LogP contribution in [0.3, 0.4) is 0 Å². The van der Waals surface area contributed by atoms with Gasteiger partial charge in [-0.2, -0.15) is 0 Å². The number of nitrogens with one attached hydrogen (secondary N) is 1. The molecule has 0 saturated carbocycles. The summed E-state index contributed by atoms with van der Waals surface area (Å²) in [4.78, 5) is 2.55. The summed E-state index contributed by atoms with van der Waals surface area (Å²) in [5.41, 5.74) is 3.83.